The number of fused-ring (bicyclic) bond motifs is 4. The number of anilines is 1. The minimum atomic E-state index is -0.731. The number of aliphatic hydroxyl groups is 1. The van der Waals surface area contributed by atoms with Gasteiger partial charge in [0.2, 0.25) is 11.8 Å². The Bertz CT molecular complexity index is 3660. The molecule has 6 atom stereocenters. The van der Waals surface area contributed by atoms with Gasteiger partial charge in [0.25, 0.3) is 0 Å². The fraction of sp³-hybridized carbons (Fsp3) is 0.419. The summed E-state index contributed by atoms with van der Waals surface area (Å²) < 4.78 is 38.7. The van der Waals surface area contributed by atoms with Gasteiger partial charge >= 0.3 is 6.01 Å². The fourth-order valence-electron chi connectivity index (χ4n) is 12.2. The molecule has 3 unspecified atom stereocenters. The smallest absolute Gasteiger partial charge is 0.319 e. The number of aromatic nitrogens is 8. The van der Waals surface area contributed by atoms with Gasteiger partial charge in [-0.2, -0.15) is 15.1 Å². The Morgan fingerprint density at radius 3 is 2.46 bits per heavy atom. The number of pyridine rings is 1. The number of aliphatic hydroxyl groups excluding tert-OH is 1. The summed E-state index contributed by atoms with van der Waals surface area (Å²) in [6, 6.07) is 22.0. The molecule has 4 aromatic heterocycles. The van der Waals surface area contributed by atoms with Crippen molar-refractivity contribution in [3.8, 4) is 45.3 Å². The normalized spacial score (nSPS) is 19.0. The van der Waals surface area contributed by atoms with Crippen LogP contribution in [0.5, 0.6) is 11.8 Å². The summed E-state index contributed by atoms with van der Waals surface area (Å²) in [6.45, 7) is 11.8. The highest BCUT2D eigenvalue weighted by Gasteiger charge is 2.42. The van der Waals surface area contributed by atoms with E-state index in [1.54, 1.807) is 46.0 Å². The summed E-state index contributed by atoms with van der Waals surface area (Å²) >= 11 is 0. The monoisotopic (exact) mass is 1100 g/mol. The summed E-state index contributed by atoms with van der Waals surface area (Å²) in [5.74, 6) is 0.479. The quantitative estimate of drug-likeness (QED) is 0.0694. The summed E-state index contributed by atoms with van der Waals surface area (Å²) in [5, 5.41) is 32.3. The third kappa shape index (κ3) is 10.4. The molecule has 19 heteroatoms. The predicted octanol–water partition coefficient (Wildman–Crippen LogP) is 8.72. The number of hydrogen-bond donors (Lipinski definition) is 3. The first-order valence-corrected chi connectivity index (χ1v) is 28.3. The Morgan fingerprint density at radius 1 is 0.963 bits per heavy atom. The molecule has 12 rings (SSSR count). The van der Waals surface area contributed by atoms with Gasteiger partial charge in [0, 0.05) is 90.8 Å². The van der Waals surface area contributed by atoms with E-state index in [2.05, 4.69) is 42.0 Å². The molecule has 420 valence electrons. The van der Waals surface area contributed by atoms with Crippen molar-refractivity contribution in [1.82, 2.24) is 55.3 Å². The maximum Gasteiger partial charge on any atom is 0.319 e. The minimum Gasteiger partial charge on any atom is -0.486 e. The van der Waals surface area contributed by atoms with Crippen molar-refractivity contribution in [2.24, 2.45) is 13.0 Å². The van der Waals surface area contributed by atoms with E-state index in [0.717, 1.165) is 93.7 Å². The van der Waals surface area contributed by atoms with Gasteiger partial charge in [0.05, 0.1) is 36.7 Å². The molecule has 8 aromatic rings. The lowest BCUT2D eigenvalue weighted by Crippen LogP contribution is -2.50. The van der Waals surface area contributed by atoms with Gasteiger partial charge in [-0.1, -0.05) is 73.7 Å². The van der Waals surface area contributed by atoms with Crippen molar-refractivity contribution in [1.29, 1.82) is 0 Å². The second kappa shape index (κ2) is 22.2. The molecule has 3 saturated heterocycles. The molecule has 2 amide bonds. The predicted molar refractivity (Wildman–Crippen MR) is 306 cm³/mol. The number of piperazine rings is 1. The van der Waals surface area contributed by atoms with E-state index in [0.29, 0.717) is 58.9 Å². The van der Waals surface area contributed by atoms with Crippen molar-refractivity contribution in [3.05, 3.63) is 125 Å². The lowest BCUT2D eigenvalue weighted by atomic mass is 9.89. The van der Waals surface area contributed by atoms with E-state index in [4.69, 9.17) is 24.2 Å². The first kappa shape index (κ1) is 53.8. The largest absolute Gasteiger partial charge is 0.486 e. The van der Waals surface area contributed by atoms with Crippen LogP contribution >= 0.6 is 0 Å². The van der Waals surface area contributed by atoms with E-state index in [1.165, 1.54) is 0 Å². The van der Waals surface area contributed by atoms with E-state index in [-0.39, 0.29) is 67.4 Å². The Hall–Kier alpha value is -7.87. The molecule has 3 aliphatic heterocycles. The van der Waals surface area contributed by atoms with Crippen LogP contribution in [-0.2, 0) is 28.0 Å². The molecule has 0 spiro atoms. The number of rotatable bonds is 19. The fourth-order valence-corrected chi connectivity index (χ4v) is 12.2. The van der Waals surface area contributed by atoms with E-state index in [1.807, 2.05) is 102 Å². The number of benzene rings is 4. The van der Waals surface area contributed by atoms with Gasteiger partial charge in [-0.05, 0) is 111 Å². The van der Waals surface area contributed by atoms with Crippen LogP contribution in [0.15, 0.2) is 91.4 Å². The number of halogens is 1. The van der Waals surface area contributed by atoms with E-state index in [9.17, 15) is 14.7 Å². The molecular formula is C62H69FN12O6. The molecule has 3 N–H and O–H groups in total. The van der Waals surface area contributed by atoms with Crippen molar-refractivity contribution < 1.29 is 33.3 Å². The molecule has 4 fully saturated rings. The number of likely N-dealkylation sites (tertiary alicyclic amines) is 1. The van der Waals surface area contributed by atoms with Gasteiger partial charge in [0.15, 0.2) is 5.75 Å². The highest BCUT2D eigenvalue weighted by Crippen LogP contribution is 2.53. The average Bonchev–Trinajstić information content (AvgIpc) is 4.02. The summed E-state index contributed by atoms with van der Waals surface area (Å²) in [4.78, 5) is 47.4. The molecule has 18 nitrogen and oxygen atoms in total. The standard InChI is InChI=1S/C62H69FN12O6/c1-34(2)56(61(78)73-23-9-11-52(73)60(77)67-51(31-76)42-20-18-39(19-21-42)46-10-8-22-64-37(46)5)75-30-50(70-71-75)41-14-12-38(13-15-41)33-80-58-54(53-36(4)49(63)24-43-27-66-72(6)57(43)53)47(40-16-17-40)26-48-55(58)68-62(81-32-35(3)79-7)69-59(48)74-29-44-25-45(74)28-65-44/h8,10,12-15,18-22,24,26-27,30,34-35,40,44-45,51-52,56,65,76H,9,11,16-17,23,25,28-29,31-33H2,1-7H3,(H,67,77)/t35-,44?,45?,51?,52-,56-/m0/s1. The second-order valence-corrected chi connectivity index (χ2v) is 22.7. The van der Waals surface area contributed by atoms with Gasteiger partial charge in [-0.25, -0.2) is 9.07 Å². The Balaban J connectivity index is 0.822. The van der Waals surface area contributed by atoms with Crippen LogP contribution in [0.3, 0.4) is 0 Å². The number of amides is 2. The lowest BCUT2D eigenvalue weighted by Gasteiger charge is -2.30. The second-order valence-electron chi connectivity index (χ2n) is 22.7. The number of nitrogens with zero attached hydrogens (tertiary/aromatic N) is 10. The van der Waals surface area contributed by atoms with E-state index >= 15 is 4.39 Å². The van der Waals surface area contributed by atoms with Crippen LogP contribution in [0.4, 0.5) is 10.2 Å². The molecular weight excluding hydrogens is 1030 g/mol. The number of carbonyl (C=O) groups excluding carboxylic acids is 2. The van der Waals surface area contributed by atoms with Crippen LogP contribution in [0.2, 0.25) is 0 Å². The molecule has 1 aliphatic carbocycles. The van der Waals surface area contributed by atoms with Crippen LogP contribution < -0.4 is 25.0 Å². The molecule has 2 bridgehead atoms. The zero-order valence-corrected chi connectivity index (χ0v) is 46.9. The zero-order chi connectivity index (χ0) is 56.2. The zero-order valence-electron chi connectivity index (χ0n) is 46.9. The van der Waals surface area contributed by atoms with Gasteiger partial charge in [-0.3, -0.25) is 19.3 Å². The molecule has 0 radical (unpaired) electrons. The Labute approximate surface area is 470 Å². The maximum atomic E-state index is 16.2. The number of nitrogens with one attached hydrogen (secondary N) is 2. The van der Waals surface area contributed by atoms with Gasteiger partial charge in [-0.15, -0.1) is 5.10 Å². The molecule has 81 heavy (non-hydrogen) atoms. The number of hydrogen-bond acceptors (Lipinski definition) is 14. The van der Waals surface area contributed by atoms with Crippen LogP contribution in [-0.4, -0.2) is 126 Å². The molecule has 4 aliphatic rings. The topological polar surface area (TPSA) is 200 Å². The maximum absolute atomic E-state index is 16.2. The summed E-state index contributed by atoms with van der Waals surface area (Å²) in [6.07, 6.45) is 9.17. The average molecular weight is 1100 g/mol. The number of aryl methyl sites for hydroxylation is 2. The highest BCUT2D eigenvalue weighted by atomic mass is 19.1. The van der Waals surface area contributed by atoms with Crippen LogP contribution in [0.1, 0.15) is 98.8 Å². The van der Waals surface area contributed by atoms with Gasteiger partial charge in [0.1, 0.15) is 48.1 Å². The SMILES string of the molecule is CO[C@@H](C)COc1nc(N2CC3CC2CN3)c2cc(C3CC3)c(-c3c(C)c(F)cc4cnn(C)c34)c(OCc3ccc(-c4cn([C@H](C(=O)N5CCC[C@H]5C(=O)NC(CO)c5ccc(-c6cccnc6C)cc5)C(C)C)nn4)cc3)c2n1. The Kier molecular flexibility index (Phi) is 14.8. The number of ether oxygens (including phenoxy) is 3. The van der Waals surface area contributed by atoms with Crippen molar-refractivity contribution in [2.75, 3.05) is 44.9 Å². The number of carbonyl (C=O) groups is 2. The summed E-state index contributed by atoms with van der Waals surface area (Å²) in [7, 11) is 3.53. The molecule has 1 saturated carbocycles. The molecule has 7 heterocycles. The van der Waals surface area contributed by atoms with Crippen molar-refractivity contribution in [2.45, 2.75) is 116 Å². The summed E-state index contributed by atoms with van der Waals surface area (Å²) in [5.41, 5.74) is 10.3. The third-order valence-corrected chi connectivity index (χ3v) is 16.9. The van der Waals surface area contributed by atoms with E-state index < -0.39 is 18.1 Å². The number of methoxy groups -OCH3 is 1. The molecule has 4 aromatic carbocycles. The highest BCUT2D eigenvalue weighted by molar-refractivity contribution is 6.06. The first-order valence-electron chi connectivity index (χ1n) is 28.3. The van der Waals surface area contributed by atoms with Crippen LogP contribution in [0, 0.1) is 25.6 Å². The Morgan fingerprint density at radius 2 is 1.75 bits per heavy atom. The first-order chi connectivity index (χ1) is 39.3. The van der Waals surface area contributed by atoms with Crippen molar-refractivity contribution in [3.63, 3.8) is 0 Å². The third-order valence-electron chi connectivity index (χ3n) is 16.9. The van der Waals surface area contributed by atoms with Gasteiger partial charge < -0.3 is 39.8 Å². The van der Waals surface area contributed by atoms with Crippen LogP contribution in [0.25, 0.3) is 55.3 Å². The van der Waals surface area contributed by atoms with Crippen molar-refractivity contribution >= 4 is 39.4 Å². The minimum absolute atomic E-state index is 0.145. The lowest BCUT2D eigenvalue weighted by molar-refractivity contribution is -0.142.